The Morgan fingerprint density at radius 2 is 1.84 bits per heavy atom. The van der Waals surface area contributed by atoms with E-state index in [4.69, 9.17) is 5.73 Å². The van der Waals surface area contributed by atoms with Gasteiger partial charge in [0.05, 0.1) is 0 Å². The molecule has 0 bridgehead atoms. The summed E-state index contributed by atoms with van der Waals surface area (Å²) < 4.78 is 0. The third-order valence-electron chi connectivity index (χ3n) is 5.50. The first-order valence-electron chi connectivity index (χ1n) is 9.01. The molecule has 2 aromatic rings. The Kier molecular flexibility index (Phi) is 4.82. The maximum atomic E-state index is 13.3. The first-order chi connectivity index (χ1) is 12.3. The van der Waals surface area contributed by atoms with E-state index in [0.717, 1.165) is 25.3 Å². The summed E-state index contributed by atoms with van der Waals surface area (Å²) in [5, 5.41) is -0.0575. The summed E-state index contributed by atoms with van der Waals surface area (Å²) in [5.41, 5.74) is 9.86. The highest BCUT2D eigenvalue weighted by Crippen LogP contribution is 2.40. The third kappa shape index (κ3) is 3.21. The number of amides is 1. The van der Waals surface area contributed by atoms with E-state index >= 15 is 0 Å². The van der Waals surface area contributed by atoms with Crippen molar-refractivity contribution < 1.29 is 4.79 Å². The van der Waals surface area contributed by atoms with Crippen LogP contribution in [-0.2, 0) is 11.2 Å². The molecule has 0 radical (unpaired) electrons. The van der Waals surface area contributed by atoms with Crippen molar-refractivity contribution in [2.45, 2.75) is 17.6 Å². The highest BCUT2D eigenvalue weighted by atomic mass is 32.2. The molecule has 25 heavy (non-hydrogen) atoms. The molecule has 1 amide bonds. The lowest BCUT2D eigenvalue weighted by Crippen LogP contribution is -2.34. The molecule has 2 aliphatic rings. The van der Waals surface area contributed by atoms with Crippen LogP contribution in [0, 0.1) is 5.92 Å². The molecule has 0 spiro atoms. The molecule has 1 unspecified atom stereocenters. The fourth-order valence-corrected chi connectivity index (χ4v) is 5.41. The topological polar surface area (TPSA) is 46.3 Å². The van der Waals surface area contributed by atoms with Crippen molar-refractivity contribution in [3.05, 3.63) is 71.3 Å². The molecule has 130 valence electrons. The molecule has 2 aromatic carbocycles. The van der Waals surface area contributed by atoms with Crippen LogP contribution in [0.4, 0.5) is 0 Å². The summed E-state index contributed by atoms with van der Waals surface area (Å²) >= 11 is 1.78. The van der Waals surface area contributed by atoms with Crippen molar-refractivity contribution in [1.82, 2.24) is 4.90 Å². The van der Waals surface area contributed by atoms with Crippen LogP contribution in [0.1, 0.15) is 27.9 Å². The second-order valence-electron chi connectivity index (χ2n) is 6.96. The lowest BCUT2D eigenvalue weighted by atomic mass is 9.89. The number of aryl methyl sites for hydroxylation is 1. The van der Waals surface area contributed by atoms with Crippen LogP contribution < -0.4 is 5.73 Å². The number of rotatable bonds is 3. The smallest absolute Gasteiger partial charge is 0.240 e. The fourth-order valence-electron chi connectivity index (χ4n) is 4.13. The quantitative estimate of drug-likeness (QED) is 0.923. The largest absolute Gasteiger partial charge is 0.340 e. The molecular weight excluding hydrogens is 328 g/mol. The number of nitrogens with two attached hydrogens (primary N) is 1. The van der Waals surface area contributed by atoms with Gasteiger partial charge in [-0.25, -0.2) is 0 Å². The minimum Gasteiger partial charge on any atom is -0.340 e. The molecule has 3 atom stereocenters. The summed E-state index contributed by atoms with van der Waals surface area (Å²) in [6, 6.07) is 18.9. The van der Waals surface area contributed by atoms with Crippen LogP contribution in [0.3, 0.4) is 0 Å². The van der Waals surface area contributed by atoms with Gasteiger partial charge < -0.3 is 10.6 Å². The molecule has 4 heteroatoms. The van der Waals surface area contributed by atoms with E-state index in [1.165, 1.54) is 16.7 Å². The van der Waals surface area contributed by atoms with Gasteiger partial charge in [-0.2, -0.15) is 0 Å². The Morgan fingerprint density at radius 3 is 2.64 bits per heavy atom. The van der Waals surface area contributed by atoms with Gasteiger partial charge in [-0.1, -0.05) is 54.6 Å². The van der Waals surface area contributed by atoms with Crippen molar-refractivity contribution >= 4 is 17.7 Å². The van der Waals surface area contributed by atoms with Crippen molar-refractivity contribution in [1.29, 1.82) is 0 Å². The Hall–Kier alpha value is -1.78. The van der Waals surface area contributed by atoms with Crippen LogP contribution in [0.15, 0.2) is 54.6 Å². The van der Waals surface area contributed by atoms with E-state index in [1.807, 2.05) is 12.1 Å². The Morgan fingerprint density at radius 1 is 1.08 bits per heavy atom. The molecule has 1 fully saturated rings. The van der Waals surface area contributed by atoms with E-state index in [2.05, 4.69) is 47.4 Å². The van der Waals surface area contributed by atoms with Crippen molar-refractivity contribution in [3.8, 4) is 0 Å². The molecule has 3 nitrogen and oxygen atoms in total. The Balaban J connectivity index is 1.56. The second kappa shape index (κ2) is 7.22. The maximum absolute atomic E-state index is 13.3. The van der Waals surface area contributed by atoms with Gasteiger partial charge in [-0.15, -0.1) is 11.8 Å². The van der Waals surface area contributed by atoms with Crippen molar-refractivity contribution in [2.75, 3.05) is 25.4 Å². The monoisotopic (exact) mass is 352 g/mol. The van der Waals surface area contributed by atoms with Gasteiger partial charge in [0.15, 0.2) is 0 Å². The van der Waals surface area contributed by atoms with Crippen molar-refractivity contribution in [2.24, 2.45) is 11.7 Å². The zero-order chi connectivity index (χ0) is 17.2. The minimum absolute atomic E-state index is 0.0575. The molecule has 4 rings (SSSR count). The summed E-state index contributed by atoms with van der Waals surface area (Å²) in [6.45, 7) is 2.18. The number of fused-ring (bicyclic) bond motifs is 1. The average molecular weight is 353 g/mol. The number of hydrogen-bond acceptors (Lipinski definition) is 3. The number of carbonyl (C=O) groups is 1. The van der Waals surface area contributed by atoms with Gasteiger partial charge in [-0.05, 0) is 41.3 Å². The van der Waals surface area contributed by atoms with E-state index < -0.39 is 0 Å². The molecule has 0 saturated carbocycles. The van der Waals surface area contributed by atoms with E-state index in [1.54, 1.807) is 11.8 Å². The standard InChI is InChI=1S/C21H24N2OS/c22-12-17-13-23(14-19(17)15-6-2-1-3-7-15)21(24)20-18-9-5-4-8-16(18)10-11-25-20/h1-9,17,19-20H,10-14,22H2/t17-,19+,20?/m1/s1. The number of thioether (sulfide) groups is 1. The minimum atomic E-state index is -0.0575. The van der Waals surface area contributed by atoms with Gasteiger partial charge >= 0.3 is 0 Å². The summed E-state index contributed by atoms with van der Waals surface area (Å²) in [5.74, 6) is 1.96. The van der Waals surface area contributed by atoms with E-state index in [9.17, 15) is 4.79 Å². The fraction of sp³-hybridized carbons (Fsp3) is 0.381. The number of nitrogens with zero attached hydrogens (tertiary/aromatic N) is 1. The number of hydrogen-bond donors (Lipinski definition) is 1. The van der Waals surface area contributed by atoms with Crippen LogP contribution >= 0.6 is 11.8 Å². The first kappa shape index (κ1) is 16.7. The highest BCUT2D eigenvalue weighted by molar-refractivity contribution is 8.00. The molecule has 0 aromatic heterocycles. The number of carbonyl (C=O) groups excluding carboxylic acids is 1. The lowest BCUT2D eigenvalue weighted by Gasteiger charge is -2.28. The number of likely N-dealkylation sites (tertiary alicyclic amines) is 1. The van der Waals surface area contributed by atoms with Gasteiger partial charge in [0.2, 0.25) is 5.91 Å². The Bertz CT molecular complexity index is 749. The average Bonchev–Trinajstić information content (AvgIpc) is 3.12. The lowest BCUT2D eigenvalue weighted by molar-refractivity contribution is -0.129. The van der Waals surface area contributed by atoms with Crippen LogP contribution in [0.2, 0.25) is 0 Å². The van der Waals surface area contributed by atoms with Gasteiger partial charge in [-0.3, -0.25) is 4.79 Å². The van der Waals surface area contributed by atoms with Crippen LogP contribution in [0.5, 0.6) is 0 Å². The molecule has 2 aliphatic heterocycles. The van der Waals surface area contributed by atoms with E-state index in [0.29, 0.717) is 18.4 Å². The highest BCUT2D eigenvalue weighted by Gasteiger charge is 2.39. The molecule has 2 heterocycles. The normalized spacial score (nSPS) is 25.6. The maximum Gasteiger partial charge on any atom is 0.240 e. The van der Waals surface area contributed by atoms with Gasteiger partial charge in [0, 0.05) is 19.0 Å². The summed E-state index contributed by atoms with van der Waals surface area (Å²) in [6.07, 6.45) is 1.06. The summed E-state index contributed by atoms with van der Waals surface area (Å²) in [4.78, 5) is 15.3. The van der Waals surface area contributed by atoms with Crippen LogP contribution in [-0.4, -0.2) is 36.2 Å². The molecule has 0 aliphatic carbocycles. The molecule has 2 N–H and O–H groups in total. The van der Waals surface area contributed by atoms with E-state index in [-0.39, 0.29) is 11.2 Å². The predicted molar refractivity (Wildman–Crippen MR) is 104 cm³/mol. The second-order valence-corrected chi connectivity index (χ2v) is 8.17. The van der Waals surface area contributed by atoms with Gasteiger partial charge in [0.1, 0.15) is 5.25 Å². The zero-order valence-electron chi connectivity index (χ0n) is 14.3. The summed E-state index contributed by atoms with van der Waals surface area (Å²) in [7, 11) is 0. The zero-order valence-corrected chi connectivity index (χ0v) is 15.1. The number of benzene rings is 2. The SMILES string of the molecule is NC[C@@H]1CN(C(=O)C2SCCc3ccccc32)C[C@H]1c1ccccc1. The predicted octanol–water partition coefficient (Wildman–Crippen LogP) is 3.22. The molecule has 1 saturated heterocycles. The third-order valence-corrected chi connectivity index (χ3v) is 6.73. The first-order valence-corrected chi connectivity index (χ1v) is 10.1. The van der Waals surface area contributed by atoms with Gasteiger partial charge in [0.25, 0.3) is 0 Å². The van der Waals surface area contributed by atoms with Crippen LogP contribution in [0.25, 0.3) is 0 Å². The molecular formula is C21H24N2OS. The Labute approximate surface area is 153 Å². The van der Waals surface area contributed by atoms with Crippen molar-refractivity contribution in [3.63, 3.8) is 0 Å².